The number of halogens is 1. The van der Waals surface area contributed by atoms with Gasteiger partial charge in [-0.3, -0.25) is 0 Å². The SMILES string of the molecule is COCc1ccc(Cl)c(C(=O)O)c1. The molecular formula is C9H9ClO3. The largest absolute Gasteiger partial charge is 0.478 e. The molecule has 0 bridgehead atoms. The summed E-state index contributed by atoms with van der Waals surface area (Å²) in [6.07, 6.45) is 0. The topological polar surface area (TPSA) is 46.5 Å². The molecule has 1 aromatic carbocycles. The summed E-state index contributed by atoms with van der Waals surface area (Å²) in [6.45, 7) is 0.386. The highest BCUT2D eigenvalue weighted by Crippen LogP contribution is 2.17. The number of hydrogen-bond acceptors (Lipinski definition) is 2. The lowest BCUT2D eigenvalue weighted by molar-refractivity contribution is 0.0696. The third-order valence-electron chi connectivity index (χ3n) is 1.57. The molecule has 0 heterocycles. The van der Waals surface area contributed by atoms with Crippen molar-refractivity contribution in [3.05, 3.63) is 34.3 Å². The van der Waals surface area contributed by atoms with Gasteiger partial charge in [-0.25, -0.2) is 4.79 Å². The molecule has 0 aliphatic heterocycles. The fourth-order valence-corrected chi connectivity index (χ4v) is 1.19. The maximum atomic E-state index is 10.7. The van der Waals surface area contributed by atoms with E-state index >= 15 is 0 Å². The van der Waals surface area contributed by atoms with E-state index in [1.165, 1.54) is 6.07 Å². The maximum absolute atomic E-state index is 10.7. The van der Waals surface area contributed by atoms with E-state index < -0.39 is 5.97 Å². The zero-order valence-electron chi connectivity index (χ0n) is 7.08. The molecule has 0 radical (unpaired) electrons. The lowest BCUT2D eigenvalue weighted by Crippen LogP contribution is -1.99. The molecule has 70 valence electrons. The van der Waals surface area contributed by atoms with E-state index in [4.69, 9.17) is 21.4 Å². The molecule has 13 heavy (non-hydrogen) atoms. The van der Waals surface area contributed by atoms with Crippen LogP contribution in [0.3, 0.4) is 0 Å². The summed E-state index contributed by atoms with van der Waals surface area (Å²) in [4.78, 5) is 10.7. The van der Waals surface area contributed by atoms with Gasteiger partial charge in [-0.2, -0.15) is 0 Å². The second-order valence-corrected chi connectivity index (χ2v) is 2.96. The van der Waals surface area contributed by atoms with E-state index in [2.05, 4.69) is 0 Å². The summed E-state index contributed by atoms with van der Waals surface area (Å²) >= 11 is 5.67. The first kappa shape index (κ1) is 10.0. The fraction of sp³-hybridized carbons (Fsp3) is 0.222. The van der Waals surface area contributed by atoms with Crippen LogP contribution in [-0.2, 0) is 11.3 Å². The van der Waals surface area contributed by atoms with Gasteiger partial charge >= 0.3 is 5.97 Å². The predicted octanol–water partition coefficient (Wildman–Crippen LogP) is 2.18. The van der Waals surface area contributed by atoms with Crippen molar-refractivity contribution in [3.8, 4) is 0 Å². The molecule has 0 unspecified atom stereocenters. The zero-order chi connectivity index (χ0) is 9.84. The number of methoxy groups -OCH3 is 1. The van der Waals surface area contributed by atoms with E-state index in [0.717, 1.165) is 5.56 Å². The van der Waals surface area contributed by atoms with Crippen LogP contribution in [0.5, 0.6) is 0 Å². The molecule has 0 fully saturated rings. The van der Waals surface area contributed by atoms with Crippen LogP contribution in [0.2, 0.25) is 5.02 Å². The van der Waals surface area contributed by atoms with Crippen LogP contribution < -0.4 is 0 Å². The zero-order valence-corrected chi connectivity index (χ0v) is 7.84. The molecule has 0 aromatic heterocycles. The molecule has 1 rings (SSSR count). The Bertz CT molecular complexity index is 323. The standard InChI is InChI=1S/C9H9ClO3/c1-13-5-6-2-3-8(10)7(4-6)9(11)12/h2-4H,5H2,1H3,(H,11,12). The predicted molar refractivity (Wildman–Crippen MR) is 49.1 cm³/mol. The van der Waals surface area contributed by atoms with Gasteiger partial charge in [-0.15, -0.1) is 0 Å². The Labute approximate surface area is 80.9 Å². The monoisotopic (exact) mass is 200 g/mol. The highest BCUT2D eigenvalue weighted by Gasteiger charge is 2.08. The smallest absolute Gasteiger partial charge is 0.337 e. The summed E-state index contributed by atoms with van der Waals surface area (Å²) in [5, 5.41) is 8.98. The Balaban J connectivity index is 3.04. The van der Waals surface area contributed by atoms with Crippen molar-refractivity contribution in [2.24, 2.45) is 0 Å². The van der Waals surface area contributed by atoms with E-state index in [1.807, 2.05) is 0 Å². The van der Waals surface area contributed by atoms with Crippen LogP contribution in [-0.4, -0.2) is 18.2 Å². The van der Waals surface area contributed by atoms with Gasteiger partial charge in [0.15, 0.2) is 0 Å². The Morgan fingerprint density at radius 2 is 2.31 bits per heavy atom. The summed E-state index contributed by atoms with van der Waals surface area (Å²) < 4.78 is 4.87. The Kier molecular flexibility index (Phi) is 3.28. The van der Waals surface area contributed by atoms with Crippen LogP contribution in [0.25, 0.3) is 0 Å². The van der Waals surface area contributed by atoms with Gasteiger partial charge in [0.1, 0.15) is 0 Å². The number of rotatable bonds is 3. The first-order chi connectivity index (χ1) is 6.15. The third-order valence-corrected chi connectivity index (χ3v) is 1.90. The van der Waals surface area contributed by atoms with Crippen molar-refractivity contribution in [1.29, 1.82) is 0 Å². The third kappa shape index (κ3) is 2.44. The number of benzene rings is 1. The van der Waals surface area contributed by atoms with Crippen LogP contribution in [0.4, 0.5) is 0 Å². The molecule has 0 atom stereocenters. The first-order valence-electron chi connectivity index (χ1n) is 3.66. The minimum Gasteiger partial charge on any atom is -0.478 e. The molecule has 1 N–H and O–H groups in total. The first-order valence-corrected chi connectivity index (χ1v) is 4.03. The molecule has 3 nitrogen and oxygen atoms in total. The summed E-state index contributed by atoms with van der Waals surface area (Å²) in [5.41, 5.74) is 0.903. The number of ether oxygens (including phenoxy) is 1. The molecular weight excluding hydrogens is 192 g/mol. The Hall–Kier alpha value is -1.06. The van der Waals surface area contributed by atoms with Crippen LogP contribution in [0.1, 0.15) is 15.9 Å². The average Bonchev–Trinajstić information content (AvgIpc) is 2.08. The Morgan fingerprint density at radius 3 is 2.85 bits per heavy atom. The summed E-state index contributed by atoms with van der Waals surface area (Å²) in [6, 6.07) is 4.80. The second-order valence-electron chi connectivity index (χ2n) is 2.55. The van der Waals surface area contributed by atoms with Crippen molar-refractivity contribution < 1.29 is 14.6 Å². The summed E-state index contributed by atoms with van der Waals surface area (Å²) in [7, 11) is 1.55. The number of hydrogen-bond donors (Lipinski definition) is 1. The van der Waals surface area contributed by atoms with Crippen LogP contribution in [0.15, 0.2) is 18.2 Å². The highest BCUT2D eigenvalue weighted by molar-refractivity contribution is 6.33. The molecule has 4 heteroatoms. The van der Waals surface area contributed by atoms with Crippen LogP contribution in [0, 0.1) is 0 Å². The average molecular weight is 201 g/mol. The van der Waals surface area contributed by atoms with Crippen LogP contribution >= 0.6 is 11.6 Å². The number of carboxylic acids is 1. The molecule has 0 saturated heterocycles. The van der Waals surface area contributed by atoms with Gasteiger partial charge in [0.25, 0.3) is 0 Å². The van der Waals surface area contributed by atoms with Crippen molar-refractivity contribution in [2.75, 3.05) is 7.11 Å². The van der Waals surface area contributed by atoms with Gasteiger partial charge in [0.2, 0.25) is 0 Å². The van der Waals surface area contributed by atoms with Crippen molar-refractivity contribution >= 4 is 17.6 Å². The molecule has 1 aromatic rings. The molecule has 0 spiro atoms. The van der Waals surface area contributed by atoms with Crippen molar-refractivity contribution in [1.82, 2.24) is 0 Å². The van der Waals surface area contributed by atoms with E-state index in [-0.39, 0.29) is 10.6 Å². The van der Waals surface area contributed by atoms with Gasteiger partial charge in [0.05, 0.1) is 17.2 Å². The number of carboxylic acid groups (broad SMARTS) is 1. The fourth-order valence-electron chi connectivity index (χ4n) is 0.993. The van der Waals surface area contributed by atoms with Gasteiger partial charge in [-0.05, 0) is 17.7 Å². The van der Waals surface area contributed by atoms with Gasteiger partial charge in [0, 0.05) is 7.11 Å². The normalized spacial score (nSPS) is 10.0. The lowest BCUT2D eigenvalue weighted by Gasteiger charge is -2.02. The van der Waals surface area contributed by atoms with E-state index in [0.29, 0.717) is 6.61 Å². The van der Waals surface area contributed by atoms with Crippen molar-refractivity contribution in [3.63, 3.8) is 0 Å². The lowest BCUT2D eigenvalue weighted by atomic mass is 10.1. The van der Waals surface area contributed by atoms with Gasteiger partial charge in [-0.1, -0.05) is 17.7 Å². The molecule has 0 aliphatic rings. The minimum absolute atomic E-state index is 0.108. The summed E-state index contributed by atoms with van der Waals surface area (Å²) in [5.74, 6) is -1.03. The minimum atomic E-state index is -1.03. The molecule has 0 saturated carbocycles. The highest BCUT2D eigenvalue weighted by atomic mass is 35.5. The van der Waals surface area contributed by atoms with E-state index in [9.17, 15) is 4.79 Å². The number of carbonyl (C=O) groups is 1. The second kappa shape index (κ2) is 4.25. The van der Waals surface area contributed by atoms with Gasteiger partial charge < -0.3 is 9.84 Å². The molecule has 0 amide bonds. The maximum Gasteiger partial charge on any atom is 0.337 e. The Morgan fingerprint density at radius 1 is 1.62 bits per heavy atom. The number of aromatic carboxylic acids is 1. The van der Waals surface area contributed by atoms with E-state index in [1.54, 1.807) is 19.2 Å². The van der Waals surface area contributed by atoms with Crippen molar-refractivity contribution in [2.45, 2.75) is 6.61 Å². The molecule has 0 aliphatic carbocycles. The quantitative estimate of drug-likeness (QED) is 0.814.